The molecule has 1 atom stereocenters. The van der Waals surface area contributed by atoms with E-state index in [4.69, 9.17) is 9.47 Å². The third-order valence-corrected chi connectivity index (χ3v) is 4.18. The van der Waals surface area contributed by atoms with E-state index in [0.29, 0.717) is 29.5 Å². The van der Waals surface area contributed by atoms with Gasteiger partial charge in [0.2, 0.25) is 0 Å². The summed E-state index contributed by atoms with van der Waals surface area (Å²) in [5, 5.41) is 3.91. The lowest BCUT2D eigenvalue weighted by atomic mass is 10.1. The SMILES string of the molecule is COc1cccc(C(=O)NCCCC(C)CBr)c1OC. The summed E-state index contributed by atoms with van der Waals surface area (Å²) in [5.74, 6) is 1.53. The lowest BCUT2D eigenvalue weighted by Crippen LogP contribution is -2.25. The maximum absolute atomic E-state index is 12.2. The number of hydrogen-bond donors (Lipinski definition) is 1. The zero-order valence-electron chi connectivity index (χ0n) is 12.2. The Hall–Kier alpha value is -1.23. The van der Waals surface area contributed by atoms with E-state index in [9.17, 15) is 4.79 Å². The highest BCUT2D eigenvalue weighted by Gasteiger charge is 2.15. The molecule has 112 valence electrons. The molecule has 0 heterocycles. The first-order valence-electron chi connectivity index (χ1n) is 6.69. The van der Waals surface area contributed by atoms with Crippen molar-refractivity contribution in [2.45, 2.75) is 19.8 Å². The molecular formula is C15H22BrNO3. The minimum atomic E-state index is -0.132. The summed E-state index contributed by atoms with van der Waals surface area (Å²) in [6.07, 6.45) is 2.05. The Labute approximate surface area is 129 Å². The van der Waals surface area contributed by atoms with Crippen LogP contribution in [0.4, 0.5) is 0 Å². The van der Waals surface area contributed by atoms with Crippen molar-refractivity contribution in [3.8, 4) is 11.5 Å². The van der Waals surface area contributed by atoms with Crippen molar-refractivity contribution in [2.24, 2.45) is 5.92 Å². The molecule has 0 aliphatic heterocycles. The summed E-state index contributed by atoms with van der Waals surface area (Å²) < 4.78 is 10.4. The molecule has 0 aliphatic carbocycles. The zero-order chi connectivity index (χ0) is 15.0. The summed E-state index contributed by atoms with van der Waals surface area (Å²) in [7, 11) is 3.09. The molecule has 0 saturated carbocycles. The van der Waals surface area contributed by atoms with Crippen molar-refractivity contribution >= 4 is 21.8 Å². The van der Waals surface area contributed by atoms with Gasteiger partial charge in [0.25, 0.3) is 5.91 Å². The molecule has 5 heteroatoms. The average molecular weight is 344 g/mol. The van der Waals surface area contributed by atoms with Crippen molar-refractivity contribution in [1.29, 1.82) is 0 Å². The highest BCUT2D eigenvalue weighted by molar-refractivity contribution is 9.09. The number of hydrogen-bond acceptors (Lipinski definition) is 3. The summed E-state index contributed by atoms with van der Waals surface area (Å²) >= 11 is 3.45. The minimum Gasteiger partial charge on any atom is -0.493 e. The molecule has 0 radical (unpaired) electrons. The fraction of sp³-hybridized carbons (Fsp3) is 0.533. The average Bonchev–Trinajstić information content (AvgIpc) is 2.49. The van der Waals surface area contributed by atoms with E-state index in [1.165, 1.54) is 7.11 Å². The molecule has 1 amide bonds. The van der Waals surface area contributed by atoms with E-state index in [-0.39, 0.29) is 5.91 Å². The number of rotatable bonds is 8. The van der Waals surface area contributed by atoms with Gasteiger partial charge in [-0.25, -0.2) is 0 Å². The molecular weight excluding hydrogens is 322 g/mol. The second-order valence-corrected chi connectivity index (χ2v) is 5.35. The monoisotopic (exact) mass is 343 g/mol. The molecule has 0 aromatic heterocycles. The fourth-order valence-electron chi connectivity index (χ4n) is 1.89. The fourth-order valence-corrected chi connectivity index (χ4v) is 2.21. The number of methoxy groups -OCH3 is 2. The molecule has 1 unspecified atom stereocenters. The van der Waals surface area contributed by atoms with Crippen LogP contribution in [0.15, 0.2) is 18.2 Å². The van der Waals surface area contributed by atoms with Crippen molar-refractivity contribution in [1.82, 2.24) is 5.32 Å². The van der Waals surface area contributed by atoms with Crippen LogP contribution in [0.3, 0.4) is 0 Å². The van der Waals surface area contributed by atoms with Gasteiger partial charge < -0.3 is 14.8 Å². The number of nitrogens with one attached hydrogen (secondary N) is 1. The second-order valence-electron chi connectivity index (χ2n) is 4.70. The van der Waals surface area contributed by atoms with Crippen LogP contribution in [0.1, 0.15) is 30.1 Å². The Morgan fingerprint density at radius 3 is 2.70 bits per heavy atom. The van der Waals surface area contributed by atoms with Crippen LogP contribution in [-0.2, 0) is 0 Å². The molecule has 0 bridgehead atoms. The van der Waals surface area contributed by atoms with Gasteiger partial charge in [0.15, 0.2) is 11.5 Å². The molecule has 1 aromatic rings. The van der Waals surface area contributed by atoms with E-state index in [0.717, 1.165) is 18.2 Å². The number of para-hydroxylation sites is 1. The van der Waals surface area contributed by atoms with Crippen LogP contribution in [0, 0.1) is 5.92 Å². The quantitative estimate of drug-likeness (QED) is 0.582. The van der Waals surface area contributed by atoms with E-state index < -0.39 is 0 Å². The Morgan fingerprint density at radius 2 is 2.10 bits per heavy atom. The topological polar surface area (TPSA) is 47.6 Å². The minimum absolute atomic E-state index is 0.132. The molecule has 0 spiro atoms. The first-order chi connectivity index (χ1) is 9.63. The third kappa shape index (κ3) is 4.71. The van der Waals surface area contributed by atoms with Gasteiger partial charge >= 0.3 is 0 Å². The van der Waals surface area contributed by atoms with Crippen molar-refractivity contribution in [2.75, 3.05) is 26.1 Å². The lowest BCUT2D eigenvalue weighted by molar-refractivity contribution is 0.0949. The van der Waals surface area contributed by atoms with Crippen LogP contribution >= 0.6 is 15.9 Å². The van der Waals surface area contributed by atoms with Gasteiger partial charge in [0, 0.05) is 11.9 Å². The van der Waals surface area contributed by atoms with Gasteiger partial charge in [-0.05, 0) is 30.9 Å². The number of halogens is 1. The summed E-state index contributed by atoms with van der Waals surface area (Å²) in [5.41, 5.74) is 0.500. The van der Waals surface area contributed by atoms with Crippen LogP contribution in [0.25, 0.3) is 0 Å². The van der Waals surface area contributed by atoms with E-state index in [2.05, 4.69) is 28.2 Å². The Morgan fingerprint density at radius 1 is 1.35 bits per heavy atom. The van der Waals surface area contributed by atoms with E-state index in [1.807, 2.05) is 0 Å². The van der Waals surface area contributed by atoms with Crippen LogP contribution in [0.2, 0.25) is 0 Å². The Kier molecular flexibility index (Phi) is 7.44. The van der Waals surface area contributed by atoms with Crippen molar-refractivity contribution < 1.29 is 14.3 Å². The van der Waals surface area contributed by atoms with Crippen molar-refractivity contribution in [3.05, 3.63) is 23.8 Å². The van der Waals surface area contributed by atoms with E-state index >= 15 is 0 Å². The number of alkyl halides is 1. The van der Waals surface area contributed by atoms with Gasteiger partial charge in [-0.3, -0.25) is 4.79 Å². The van der Waals surface area contributed by atoms with Crippen molar-refractivity contribution in [3.63, 3.8) is 0 Å². The van der Waals surface area contributed by atoms with Gasteiger partial charge in [-0.1, -0.05) is 28.9 Å². The Bertz CT molecular complexity index is 437. The standard InChI is InChI=1S/C15H22BrNO3/c1-11(10-16)6-5-9-17-15(18)12-7-4-8-13(19-2)14(12)20-3/h4,7-8,11H,5-6,9-10H2,1-3H3,(H,17,18). The third-order valence-electron chi connectivity index (χ3n) is 3.07. The summed E-state index contributed by atoms with van der Waals surface area (Å²) in [6.45, 7) is 2.85. The van der Waals surface area contributed by atoms with Crippen LogP contribution < -0.4 is 14.8 Å². The molecule has 1 rings (SSSR count). The molecule has 4 nitrogen and oxygen atoms in total. The maximum atomic E-state index is 12.2. The number of carbonyl (C=O) groups is 1. The van der Waals surface area contributed by atoms with Gasteiger partial charge in [0.05, 0.1) is 19.8 Å². The first-order valence-corrected chi connectivity index (χ1v) is 7.81. The summed E-state index contributed by atoms with van der Waals surface area (Å²) in [4.78, 5) is 12.2. The number of benzene rings is 1. The predicted octanol–water partition coefficient (Wildman–Crippen LogP) is 3.24. The lowest BCUT2D eigenvalue weighted by Gasteiger charge is -2.13. The molecule has 0 saturated heterocycles. The number of amides is 1. The summed E-state index contributed by atoms with van der Waals surface area (Å²) in [6, 6.07) is 5.29. The smallest absolute Gasteiger partial charge is 0.255 e. The maximum Gasteiger partial charge on any atom is 0.255 e. The number of carbonyl (C=O) groups excluding carboxylic acids is 1. The molecule has 20 heavy (non-hydrogen) atoms. The molecule has 1 N–H and O–H groups in total. The Balaban J connectivity index is 2.59. The normalized spacial score (nSPS) is 11.8. The number of ether oxygens (including phenoxy) is 2. The van der Waals surface area contributed by atoms with Crippen LogP contribution in [-0.4, -0.2) is 32.0 Å². The van der Waals surface area contributed by atoms with Gasteiger partial charge in [-0.15, -0.1) is 0 Å². The molecule has 0 fully saturated rings. The van der Waals surface area contributed by atoms with Gasteiger partial charge in [0.1, 0.15) is 0 Å². The highest BCUT2D eigenvalue weighted by Crippen LogP contribution is 2.30. The van der Waals surface area contributed by atoms with Gasteiger partial charge in [-0.2, -0.15) is 0 Å². The molecule has 0 aliphatic rings. The first kappa shape index (κ1) is 16.8. The largest absolute Gasteiger partial charge is 0.493 e. The predicted molar refractivity (Wildman–Crippen MR) is 84.1 cm³/mol. The molecule has 1 aromatic carbocycles. The second kappa shape index (κ2) is 8.84. The van der Waals surface area contributed by atoms with Crippen LogP contribution in [0.5, 0.6) is 11.5 Å². The van der Waals surface area contributed by atoms with E-state index in [1.54, 1.807) is 25.3 Å². The highest BCUT2D eigenvalue weighted by atomic mass is 79.9. The zero-order valence-corrected chi connectivity index (χ0v) is 13.8.